The molecule has 0 saturated heterocycles. The number of benzene rings is 1. The van der Waals surface area contributed by atoms with Gasteiger partial charge >= 0.3 is 5.97 Å². The summed E-state index contributed by atoms with van der Waals surface area (Å²) in [5, 5.41) is 3.23. The first-order chi connectivity index (χ1) is 16.4. The molecule has 2 amide bonds. The van der Waals surface area contributed by atoms with Gasteiger partial charge in [0.05, 0.1) is 11.1 Å². The summed E-state index contributed by atoms with van der Waals surface area (Å²) in [7, 11) is 1.52. The Bertz CT molecular complexity index is 1210. The van der Waals surface area contributed by atoms with E-state index in [1.165, 1.54) is 35.5 Å². The highest BCUT2D eigenvalue weighted by atomic mass is 32.1. The molecule has 3 aromatic rings. The van der Waals surface area contributed by atoms with Gasteiger partial charge in [0.1, 0.15) is 10.8 Å². The topological polar surface area (TPSA) is 88.6 Å². The van der Waals surface area contributed by atoms with Crippen molar-refractivity contribution in [2.24, 2.45) is 0 Å². The highest BCUT2D eigenvalue weighted by molar-refractivity contribution is 7.17. The van der Waals surface area contributed by atoms with Gasteiger partial charge in [-0.1, -0.05) is 18.2 Å². The Balaban J connectivity index is 1.46. The lowest BCUT2D eigenvalue weighted by molar-refractivity contribution is -0.133. The predicted octanol–water partition coefficient (Wildman–Crippen LogP) is 4.23. The van der Waals surface area contributed by atoms with Gasteiger partial charge in [0.15, 0.2) is 6.61 Å². The largest absolute Gasteiger partial charge is 0.452 e. The maximum absolute atomic E-state index is 13.9. The molecular formula is C25H24FN3O4S. The molecule has 0 fully saturated rings. The number of anilines is 1. The normalized spacial score (nSPS) is 12.5. The number of carbonyl (C=O) groups excluding carboxylic acids is 3. The van der Waals surface area contributed by atoms with Gasteiger partial charge in [0.2, 0.25) is 0 Å². The monoisotopic (exact) mass is 481 g/mol. The first-order valence-electron chi connectivity index (χ1n) is 10.9. The molecule has 1 aliphatic carbocycles. The Morgan fingerprint density at radius 3 is 2.71 bits per heavy atom. The molecule has 176 valence electrons. The Morgan fingerprint density at radius 2 is 1.94 bits per heavy atom. The molecule has 1 aromatic carbocycles. The number of carbonyl (C=O) groups is 3. The number of nitrogens with zero attached hydrogens (tertiary/aromatic N) is 2. The summed E-state index contributed by atoms with van der Waals surface area (Å²) in [6.45, 7) is -0.423. The van der Waals surface area contributed by atoms with Crippen LogP contribution in [-0.4, -0.2) is 41.3 Å². The number of nitrogens with one attached hydrogen (secondary N) is 1. The minimum atomic E-state index is -0.659. The van der Waals surface area contributed by atoms with Crippen LogP contribution in [0.25, 0.3) is 0 Å². The van der Waals surface area contributed by atoms with Crippen LogP contribution in [0.2, 0.25) is 0 Å². The molecule has 0 aliphatic heterocycles. The Labute approximate surface area is 200 Å². The number of pyridine rings is 1. The van der Waals surface area contributed by atoms with Gasteiger partial charge < -0.3 is 15.0 Å². The van der Waals surface area contributed by atoms with Crippen molar-refractivity contribution in [2.45, 2.75) is 32.2 Å². The summed E-state index contributed by atoms with van der Waals surface area (Å²) >= 11 is 1.37. The number of esters is 1. The second-order valence-electron chi connectivity index (χ2n) is 8.03. The van der Waals surface area contributed by atoms with E-state index >= 15 is 0 Å². The molecule has 0 saturated carbocycles. The van der Waals surface area contributed by atoms with E-state index in [2.05, 4.69) is 10.3 Å². The van der Waals surface area contributed by atoms with Crippen molar-refractivity contribution in [3.05, 3.63) is 81.7 Å². The number of likely N-dealkylation sites (N-methyl/N-ethyl adjacent to an activating group) is 1. The van der Waals surface area contributed by atoms with E-state index in [-0.39, 0.29) is 12.5 Å². The zero-order valence-corrected chi connectivity index (χ0v) is 19.5. The van der Waals surface area contributed by atoms with Crippen LogP contribution in [0.1, 0.15) is 49.6 Å². The average Bonchev–Trinajstić information content (AvgIpc) is 3.22. The number of aryl methyl sites for hydroxylation is 1. The van der Waals surface area contributed by atoms with Crippen molar-refractivity contribution in [2.75, 3.05) is 19.0 Å². The smallest absolute Gasteiger partial charge is 0.341 e. The van der Waals surface area contributed by atoms with Gasteiger partial charge in [0.25, 0.3) is 11.8 Å². The van der Waals surface area contributed by atoms with Crippen molar-refractivity contribution in [1.82, 2.24) is 9.88 Å². The van der Waals surface area contributed by atoms with E-state index in [0.717, 1.165) is 29.7 Å². The molecule has 2 heterocycles. The van der Waals surface area contributed by atoms with Gasteiger partial charge in [-0.15, -0.1) is 11.3 Å². The second kappa shape index (κ2) is 10.6. The van der Waals surface area contributed by atoms with Crippen LogP contribution in [0.5, 0.6) is 0 Å². The van der Waals surface area contributed by atoms with Crippen LogP contribution in [0.4, 0.5) is 9.39 Å². The van der Waals surface area contributed by atoms with Crippen molar-refractivity contribution in [3.63, 3.8) is 0 Å². The molecule has 2 aromatic heterocycles. The molecular weight excluding hydrogens is 457 g/mol. The van der Waals surface area contributed by atoms with E-state index in [4.69, 9.17) is 4.74 Å². The van der Waals surface area contributed by atoms with Crippen LogP contribution in [0, 0.1) is 5.82 Å². The lowest BCUT2D eigenvalue weighted by Crippen LogP contribution is -2.31. The van der Waals surface area contributed by atoms with Crippen LogP contribution in [0.3, 0.4) is 0 Å². The number of thiophene rings is 1. The number of hydrogen-bond donors (Lipinski definition) is 1. The Morgan fingerprint density at radius 1 is 1.15 bits per heavy atom. The fourth-order valence-electron chi connectivity index (χ4n) is 3.82. The standard InChI is InChI=1S/C25H24FN3O4S/c1-29(14-17-7-2-4-10-19(17)26)21(30)15-33-25(32)22-18-9-3-5-11-20(18)34-24(22)28-23(31)16-8-6-12-27-13-16/h2,4,6-8,10,12-13H,3,5,9,11,14-15H2,1H3,(H,28,31). The molecule has 1 aliphatic rings. The molecule has 0 spiro atoms. The number of fused-ring (bicyclic) bond motifs is 1. The molecule has 9 heteroatoms. The molecule has 1 N–H and O–H groups in total. The summed E-state index contributed by atoms with van der Waals surface area (Å²) in [6.07, 6.45) is 6.50. The number of rotatable bonds is 7. The number of amides is 2. The minimum Gasteiger partial charge on any atom is -0.452 e. The third kappa shape index (κ3) is 5.31. The van der Waals surface area contributed by atoms with Gasteiger partial charge in [0, 0.05) is 36.4 Å². The fourth-order valence-corrected chi connectivity index (χ4v) is 5.09. The average molecular weight is 482 g/mol. The van der Waals surface area contributed by atoms with Crippen LogP contribution < -0.4 is 5.32 Å². The Kier molecular flexibility index (Phi) is 7.32. The number of hydrogen-bond acceptors (Lipinski definition) is 6. The van der Waals surface area contributed by atoms with E-state index in [1.54, 1.807) is 36.5 Å². The van der Waals surface area contributed by atoms with E-state index in [0.29, 0.717) is 28.1 Å². The maximum Gasteiger partial charge on any atom is 0.341 e. The summed E-state index contributed by atoms with van der Waals surface area (Å²) in [4.78, 5) is 44.5. The molecule has 7 nitrogen and oxygen atoms in total. The van der Waals surface area contributed by atoms with Crippen LogP contribution >= 0.6 is 11.3 Å². The van der Waals surface area contributed by atoms with Crippen molar-refractivity contribution in [3.8, 4) is 0 Å². The van der Waals surface area contributed by atoms with Crippen LogP contribution in [0.15, 0.2) is 48.8 Å². The van der Waals surface area contributed by atoms with Crippen molar-refractivity contribution < 1.29 is 23.5 Å². The van der Waals surface area contributed by atoms with Gasteiger partial charge in [-0.25, -0.2) is 9.18 Å². The number of ether oxygens (including phenoxy) is 1. The number of aromatic nitrogens is 1. The van der Waals surface area contributed by atoms with E-state index < -0.39 is 24.3 Å². The third-order valence-electron chi connectivity index (χ3n) is 5.64. The maximum atomic E-state index is 13.9. The molecule has 4 rings (SSSR count). The Hall–Kier alpha value is -3.59. The lowest BCUT2D eigenvalue weighted by Gasteiger charge is -2.18. The molecule has 0 unspecified atom stereocenters. The second-order valence-corrected chi connectivity index (χ2v) is 9.13. The van der Waals surface area contributed by atoms with Crippen molar-refractivity contribution in [1.29, 1.82) is 0 Å². The minimum absolute atomic E-state index is 0.0589. The highest BCUT2D eigenvalue weighted by Crippen LogP contribution is 2.38. The van der Waals surface area contributed by atoms with Crippen LogP contribution in [-0.2, 0) is 28.9 Å². The summed E-state index contributed by atoms with van der Waals surface area (Å²) in [5.41, 5.74) is 1.92. The van der Waals surface area contributed by atoms with E-state index in [1.807, 2.05) is 0 Å². The summed E-state index contributed by atoms with van der Waals surface area (Å²) in [5.74, 6) is -1.89. The molecule has 0 bridgehead atoms. The van der Waals surface area contributed by atoms with Gasteiger partial charge in [-0.3, -0.25) is 14.6 Å². The first-order valence-corrected chi connectivity index (χ1v) is 11.8. The zero-order valence-electron chi connectivity index (χ0n) is 18.7. The quantitative estimate of drug-likeness (QED) is 0.510. The lowest BCUT2D eigenvalue weighted by atomic mass is 9.95. The predicted molar refractivity (Wildman–Crippen MR) is 126 cm³/mol. The van der Waals surface area contributed by atoms with Crippen molar-refractivity contribution >= 4 is 34.1 Å². The highest BCUT2D eigenvalue weighted by Gasteiger charge is 2.28. The van der Waals surface area contributed by atoms with Gasteiger partial charge in [-0.05, 0) is 49.4 Å². The zero-order chi connectivity index (χ0) is 24.1. The summed E-state index contributed by atoms with van der Waals surface area (Å²) < 4.78 is 19.2. The van der Waals surface area contributed by atoms with Gasteiger partial charge in [-0.2, -0.15) is 0 Å². The third-order valence-corrected chi connectivity index (χ3v) is 6.85. The molecule has 0 radical (unpaired) electrons. The molecule has 34 heavy (non-hydrogen) atoms. The first kappa shape index (κ1) is 23.6. The summed E-state index contributed by atoms with van der Waals surface area (Å²) in [6, 6.07) is 9.49. The fraction of sp³-hybridized carbons (Fsp3) is 0.280. The number of halogens is 1. The molecule has 0 atom stereocenters. The van der Waals surface area contributed by atoms with E-state index in [9.17, 15) is 18.8 Å². The SMILES string of the molecule is CN(Cc1ccccc1F)C(=O)COC(=O)c1c(NC(=O)c2cccnc2)sc2c1CCCC2.